The number of ether oxygens (including phenoxy) is 1. The Morgan fingerprint density at radius 1 is 0.838 bits per heavy atom. The molecule has 0 spiro atoms. The number of nitriles is 1. The van der Waals surface area contributed by atoms with E-state index in [1.807, 2.05) is 24.3 Å². The Morgan fingerprint density at radius 2 is 1.49 bits per heavy atom. The van der Waals surface area contributed by atoms with Crippen LogP contribution in [0.25, 0.3) is 0 Å². The van der Waals surface area contributed by atoms with E-state index in [-0.39, 0.29) is 52.5 Å². The number of hydrogen-bond donors (Lipinski definition) is 2. The van der Waals surface area contributed by atoms with Crippen LogP contribution in [0.15, 0.2) is 90.1 Å². The van der Waals surface area contributed by atoms with E-state index >= 15 is 0 Å². The number of benzene rings is 3. The summed E-state index contributed by atoms with van der Waals surface area (Å²) in [6.45, 7) is 13.9. The van der Waals surface area contributed by atoms with E-state index in [4.69, 9.17) is 16.3 Å². The molecule has 0 bridgehead atoms. The van der Waals surface area contributed by atoms with Crippen molar-refractivity contribution < 1.29 is 35.9 Å². The maximum absolute atomic E-state index is 13.5. The van der Waals surface area contributed by atoms with Gasteiger partial charge in [-0.2, -0.15) is 18.4 Å². The first-order valence-corrected chi connectivity index (χ1v) is 25.3. The van der Waals surface area contributed by atoms with Gasteiger partial charge >= 0.3 is 6.18 Å². The smallest absolute Gasteiger partial charge is 0.417 e. The number of alkyl halides is 3. The topological polar surface area (TPSA) is 148 Å². The average molecular weight is 977 g/mol. The van der Waals surface area contributed by atoms with Crippen molar-refractivity contribution in [2.24, 2.45) is 10.8 Å². The predicted molar refractivity (Wildman–Crippen MR) is 258 cm³/mol. The van der Waals surface area contributed by atoms with E-state index in [1.165, 1.54) is 6.20 Å². The molecule has 364 valence electrons. The van der Waals surface area contributed by atoms with Crippen LogP contribution in [-0.4, -0.2) is 93.3 Å². The van der Waals surface area contributed by atoms with Gasteiger partial charge in [0.25, 0.3) is 5.91 Å². The molecule has 0 radical (unpaired) electrons. The number of halogens is 4. The van der Waals surface area contributed by atoms with Gasteiger partial charge in [0.1, 0.15) is 17.9 Å². The zero-order valence-corrected chi connectivity index (χ0v) is 40.7. The lowest BCUT2D eigenvalue weighted by Gasteiger charge is -2.63. The third-order valence-corrected chi connectivity index (χ3v) is 16.6. The number of carbonyl (C=O) groups is 2. The van der Waals surface area contributed by atoms with Gasteiger partial charge in [-0.05, 0) is 92.4 Å². The lowest BCUT2D eigenvalue weighted by Crippen LogP contribution is -2.74. The summed E-state index contributed by atoms with van der Waals surface area (Å²) in [5.41, 5.74) is 1.65. The predicted octanol–water partition coefficient (Wildman–Crippen LogP) is 9.07. The fourth-order valence-electron chi connectivity index (χ4n) is 10.3. The highest BCUT2D eigenvalue weighted by atomic mass is 35.5. The van der Waals surface area contributed by atoms with Gasteiger partial charge in [0.2, 0.25) is 5.91 Å². The first-order valence-electron chi connectivity index (χ1n) is 23.4. The zero-order chi connectivity index (χ0) is 48.9. The second-order valence-corrected chi connectivity index (χ2v) is 22.1. The zero-order valence-electron chi connectivity index (χ0n) is 39.1. The summed E-state index contributed by atoms with van der Waals surface area (Å²) in [4.78, 5) is 36.5. The van der Waals surface area contributed by atoms with Gasteiger partial charge in [0, 0.05) is 92.6 Å². The van der Waals surface area contributed by atoms with E-state index in [9.17, 15) is 36.4 Å². The quantitative estimate of drug-likeness (QED) is 0.0983. The van der Waals surface area contributed by atoms with Crippen molar-refractivity contribution in [2.75, 3.05) is 55.6 Å². The Labute approximate surface area is 403 Å². The van der Waals surface area contributed by atoms with Crippen molar-refractivity contribution in [3.8, 4) is 11.8 Å². The van der Waals surface area contributed by atoms with E-state index in [0.29, 0.717) is 53.6 Å². The fourth-order valence-corrected chi connectivity index (χ4v) is 12.2. The number of piperidine rings is 1. The normalized spacial score (nSPS) is 19.7. The minimum Gasteiger partial charge on any atom is -0.489 e. The molecule has 3 fully saturated rings. The van der Waals surface area contributed by atoms with Crippen LogP contribution in [0.1, 0.15) is 99.7 Å². The van der Waals surface area contributed by atoms with Crippen molar-refractivity contribution >= 4 is 44.6 Å². The molecule has 7 rings (SSSR count). The van der Waals surface area contributed by atoms with Crippen molar-refractivity contribution in [2.45, 2.75) is 108 Å². The molecule has 2 aliphatic heterocycles. The van der Waals surface area contributed by atoms with E-state index in [2.05, 4.69) is 59.2 Å². The van der Waals surface area contributed by atoms with Crippen LogP contribution in [-0.2, 0) is 27.4 Å². The van der Waals surface area contributed by atoms with Crippen LogP contribution in [0.4, 0.5) is 24.5 Å². The number of unbranched alkanes of at least 4 members (excludes halogenated alkanes) is 3. The molecule has 2 saturated heterocycles. The molecule has 3 aliphatic rings. The number of anilines is 2. The van der Waals surface area contributed by atoms with Crippen LogP contribution in [0, 0.1) is 22.2 Å². The van der Waals surface area contributed by atoms with Crippen molar-refractivity contribution in [3.63, 3.8) is 0 Å². The SMILES string of the molecule is CC1(C)C(NC(=O)c2ccc(N3CCN(CCCCCCC(=O)NCc4ccc(S(=O)(=O)C5CCN(c6cncc(C(F)(F)F)c6)CC5)cc4)CC3)cc2)C(C)(C)C1Oc1ccc(C#N)c(Cl)c1. The van der Waals surface area contributed by atoms with Crippen molar-refractivity contribution in [1.82, 2.24) is 20.5 Å². The molecule has 1 aromatic heterocycles. The van der Waals surface area contributed by atoms with Crippen LogP contribution in [0.3, 0.4) is 0 Å². The molecule has 1 aliphatic carbocycles. The summed E-state index contributed by atoms with van der Waals surface area (Å²) in [5.74, 6) is 0.418. The summed E-state index contributed by atoms with van der Waals surface area (Å²) < 4.78 is 72.7. The Morgan fingerprint density at radius 3 is 2.12 bits per heavy atom. The summed E-state index contributed by atoms with van der Waals surface area (Å²) in [6, 6.07) is 22.4. The van der Waals surface area contributed by atoms with Gasteiger partial charge < -0.3 is 25.2 Å². The Balaban J connectivity index is 0.748. The third-order valence-electron chi connectivity index (χ3n) is 14.0. The molecule has 0 unspecified atom stereocenters. The highest BCUT2D eigenvalue weighted by Crippen LogP contribution is 2.55. The molecule has 3 aromatic carbocycles. The molecule has 17 heteroatoms. The highest BCUT2D eigenvalue weighted by molar-refractivity contribution is 7.92. The van der Waals surface area contributed by atoms with Gasteiger partial charge in [-0.25, -0.2) is 8.42 Å². The molecule has 68 heavy (non-hydrogen) atoms. The monoisotopic (exact) mass is 975 g/mol. The average Bonchev–Trinajstić information content (AvgIpc) is 3.33. The maximum atomic E-state index is 13.5. The molecule has 2 amide bonds. The lowest BCUT2D eigenvalue weighted by molar-refractivity contribution is -0.164. The summed E-state index contributed by atoms with van der Waals surface area (Å²) in [6.07, 6.45) is 2.27. The Bertz CT molecular complexity index is 2540. The molecule has 12 nitrogen and oxygen atoms in total. The van der Waals surface area contributed by atoms with Gasteiger partial charge in [0.05, 0.1) is 38.2 Å². The van der Waals surface area contributed by atoms with Crippen LogP contribution < -0.4 is 25.2 Å². The summed E-state index contributed by atoms with van der Waals surface area (Å²) in [7, 11) is -3.64. The third kappa shape index (κ3) is 11.7. The summed E-state index contributed by atoms with van der Waals surface area (Å²) in [5, 5.41) is 15.1. The molecule has 0 atom stereocenters. The Hall–Kier alpha value is -5.37. The molecular weight excluding hydrogens is 915 g/mol. The first-order chi connectivity index (χ1) is 32.3. The highest BCUT2D eigenvalue weighted by Gasteiger charge is 2.64. The molecule has 3 heterocycles. The number of nitrogens with one attached hydrogen (secondary N) is 2. The van der Waals surface area contributed by atoms with Crippen molar-refractivity contribution in [1.29, 1.82) is 5.26 Å². The van der Waals surface area contributed by atoms with Crippen LogP contribution in [0.2, 0.25) is 5.02 Å². The number of sulfone groups is 1. The molecule has 1 saturated carbocycles. The molecule has 4 aromatic rings. The number of carbonyl (C=O) groups excluding carboxylic acids is 2. The number of amides is 2. The number of hydrogen-bond acceptors (Lipinski definition) is 10. The molecule has 2 N–H and O–H groups in total. The van der Waals surface area contributed by atoms with Gasteiger partial charge in [-0.3, -0.25) is 19.5 Å². The van der Waals surface area contributed by atoms with Gasteiger partial charge in [-0.15, -0.1) is 0 Å². The summed E-state index contributed by atoms with van der Waals surface area (Å²) >= 11 is 6.25. The number of rotatable bonds is 17. The Kier molecular flexibility index (Phi) is 15.7. The number of piperazine rings is 1. The fraction of sp³-hybridized carbons (Fsp3) is 0.490. The number of aromatic nitrogens is 1. The van der Waals surface area contributed by atoms with E-state index in [1.54, 1.807) is 47.4 Å². The van der Waals surface area contributed by atoms with E-state index < -0.39 is 26.8 Å². The second-order valence-electron chi connectivity index (χ2n) is 19.4. The maximum Gasteiger partial charge on any atom is 0.417 e. The first kappa shape index (κ1) is 50.5. The number of nitrogens with zero attached hydrogens (tertiary/aromatic N) is 5. The minimum absolute atomic E-state index is 0.0486. The second kappa shape index (κ2) is 21.1. The van der Waals surface area contributed by atoms with Gasteiger partial charge in [0.15, 0.2) is 9.84 Å². The van der Waals surface area contributed by atoms with E-state index in [0.717, 1.165) is 81.9 Å². The van der Waals surface area contributed by atoms with Crippen LogP contribution >= 0.6 is 11.6 Å². The van der Waals surface area contributed by atoms with Crippen LogP contribution in [0.5, 0.6) is 5.75 Å². The molecular formula is C51H61ClF3N7O5S. The number of pyridine rings is 1. The minimum atomic E-state index is -4.50. The lowest BCUT2D eigenvalue weighted by atomic mass is 9.49. The van der Waals surface area contributed by atoms with Crippen molar-refractivity contribution in [3.05, 3.63) is 112 Å². The standard InChI is InChI=1S/C51H61ClF3N7O5S/c1-49(2)47(50(3,4)48(49)67-41-17-14-37(31-56)44(52)30-41)59-46(64)36-12-15-39(16-13-36)62-27-25-60(26-28-62)22-8-6-5-7-9-45(63)58-32-35-10-18-42(19-11-35)68(65,66)43-20-23-61(24-21-43)40-29-38(33-57-34-40)51(53,54)55/h10-19,29-30,33-34,43,47-48H,5-9,20-28,32H2,1-4H3,(H,58,63)(H,59,64). The largest absolute Gasteiger partial charge is 0.489 e. The van der Waals surface area contributed by atoms with Gasteiger partial charge in [-0.1, -0.05) is 64.3 Å².